The highest BCUT2D eigenvalue weighted by molar-refractivity contribution is 6.05. The summed E-state index contributed by atoms with van der Waals surface area (Å²) in [6, 6.07) is 14.8. The smallest absolute Gasteiger partial charge is 0.412 e. The summed E-state index contributed by atoms with van der Waals surface area (Å²) < 4.78 is 10.5. The first-order chi connectivity index (χ1) is 17.1. The Hall–Kier alpha value is -3.65. The van der Waals surface area contributed by atoms with Gasteiger partial charge < -0.3 is 19.7 Å². The molecule has 2 aromatic rings. The van der Waals surface area contributed by atoms with Crippen LogP contribution >= 0.6 is 0 Å². The third-order valence-electron chi connectivity index (χ3n) is 5.70. The number of esters is 1. The molecule has 0 spiro atoms. The van der Waals surface area contributed by atoms with Crippen molar-refractivity contribution < 1.29 is 23.9 Å². The molecule has 1 aliphatic heterocycles. The molecule has 0 bridgehead atoms. The minimum Gasteiger partial charge on any atom is -0.466 e. The highest BCUT2D eigenvalue weighted by atomic mass is 16.6. The van der Waals surface area contributed by atoms with Gasteiger partial charge in [0.2, 0.25) is 5.91 Å². The molecule has 0 aromatic heterocycles. The van der Waals surface area contributed by atoms with E-state index in [0.717, 1.165) is 17.7 Å². The molecule has 36 heavy (non-hydrogen) atoms. The lowest BCUT2D eigenvalue weighted by atomic mass is 9.88. The fourth-order valence-corrected chi connectivity index (χ4v) is 4.14. The second-order valence-corrected chi connectivity index (χ2v) is 9.85. The number of carbonyl (C=O) groups excluding carboxylic acids is 3. The Morgan fingerprint density at radius 2 is 1.64 bits per heavy atom. The van der Waals surface area contributed by atoms with Crippen molar-refractivity contribution in [3.63, 3.8) is 0 Å². The van der Waals surface area contributed by atoms with E-state index in [4.69, 9.17) is 9.47 Å². The molecule has 192 valence electrons. The maximum Gasteiger partial charge on any atom is 0.412 e. The molecule has 1 saturated heterocycles. The molecule has 8 heteroatoms. The number of ether oxygens (including phenoxy) is 2. The van der Waals surface area contributed by atoms with Crippen molar-refractivity contribution in [1.82, 2.24) is 4.90 Å². The van der Waals surface area contributed by atoms with Gasteiger partial charge in [-0.15, -0.1) is 0 Å². The summed E-state index contributed by atoms with van der Waals surface area (Å²) in [6.45, 7) is 9.00. The van der Waals surface area contributed by atoms with Crippen LogP contribution in [-0.2, 0) is 19.1 Å². The van der Waals surface area contributed by atoms with Crippen LogP contribution < -0.4 is 10.6 Å². The van der Waals surface area contributed by atoms with E-state index < -0.39 is 11.7 Å². The Kier molecular flexibility index (Phi) is 8.88. The van der Waals surface area contributed by atoms with E-state index in [1.165, 1.54) is 6.08 Å². The molecular weight excluding hydrogens is 458 g/mol. The number of nitrogens with one attached hydrogen (secondary N) is 2. The zero-order valence-electron chi connectivity index (χ0n) is 21.5. The zero-order valence-corrected chi connectivity index (χ0v) is 21.5. The molecule has 2 amide bonds. The van der Waals surface area contributed by atoms with E-state index in [1.54, 1.807) is 51.1 Å². The number of hydrogen-bond acceptors (Lipinski definition) is 6. The predicted octanol–water partition coefficient (Wildman–Crippen LogP) is 4.89. The lowest BCUT2D eigenvalue weighted by Gasteiger charge is -2.20. The van der Waals surface area contributed by atoms with Gasteiger partial charge in [-0.05, 0) is 64.1 Å². The van der Waals surface area contributed by atoms with Crippen molar-refractivity contribution in [2.24, 2.45) is 5.92 Å². The van der Waals surface area contributed by atoms with Gasteiger partial charge in [0, 0.05) is 25.1 Å². The SMILES string of the molecule is CCOC(=O)C1CN(C)CC1c1ccc(C=CC(=O)Nc2ccccc2NC(=O)OC(C)(C)C)cc1. The van der Waals surface area contributed by atoms with Crippen LogP contribution in [0.1, 0.15) is 44.7 Å². The summed E-state index contributed by atoms with van der Waals surface area (Å²) in [4.78, 5) is 39.2. The lowest BCUT2D eigenvalue weighted by molar-refractivity contribution is -0.148. The van der Waals surface area contributed by atoms with E-state index >= 15 is 0 Å². The van der Waals surface area contributed by atoms with Gasteiger partial charge in [0.1, 0.15) is 5.60 Å². The molecule has 0 radical (unpaired) electrons. The van der Waals surface area contributed by atoms with Crippen molar-refractivity contribution in [3.8, 4) is 0 Å². The van der Waals surface area contributed by atoms with E-state index in [1.807, 2.05) is 38.2 Å². The van der Waals surface area contributed by atoms with Crippen LogP contribution in [0, 0.1) is 5.92 Å². The number of likely N-dealkylation sites (N-methyl/N-ethyl adjacent to an activating group) is 1. The Labute approximate surface area is 212 Å². The first-order valence-corrected chi connectivity index (χ1v) is 12.1. The fraction of sp³-hybridized carbons (Fsp3) is 0.393. The molecule has 1 fully saturated rings. The normalized spacial score (nSPS) is 18.1. The Morgan fingerprint density at radius 1 is 1.00 bits per heavy atom. The second kappa shape index (κ2) is 11.9. The van der Waals surface area contributed by atoms with Gasteiger partial charge in [-0.2, -0.15) is 0 Å². The molecule has 3 rings (SSSR count). The van der Waals surface area contributed by atoms with E-state index in [9.17, 15) is 14.4 Å². The van der Waals surface area contributed by atoms with Crippen molar-refractivity contribution >= 4 is 35.4 Å². The minimum atomic E-state index is -0.631. The number of para-hydroxylation sites is 2. The van der Waals surface area contributed by atoms with Gasteiger partial charge in [0.15, 0.2) is 0 Å². The van der Waals surface area contributed by atoms with E-state index in [2.05, 4.69) is 15.5 Å². The summed E-state index contributed by atoms with van der Waals surface area (Å²) in [5, 5.41) is 5.45. The lowest BCUT2D eigenvalue weighted by Crippen LogP contribution is -2.27. The third kappa shape index (κ3) is 7.68. The molecule has 2 aromatic carbocycles. The molecule has 2 N–H and O–H groups in total. The van der Waals surface area contributed by atoms with Crippen molar-refractivity contribution in [2.45, 2.75) is 39.2 Å². The summed E-state index contributed by atoms with van der Waals surface area (Å²) in [5.41, 5.74) is 2.20. The quantitative estimate of drug-likeness (QED) is 0.421. The molecule has 0 saturated carbocycles. The number of hydrogen-bond donors (Lipinski definition) is 2. The maximum atomic E-state index is 12.5. The largest absolute Gasteiger partial charge is 0.466 e. The van der Waals surface area contributed by atoms with Gasteiger partial charge in [-0.1, -0.05) is 36.4 Å². The monoisotopic (exact) mass is 493 g/mol. The predicted molar refractivity (Wildman–Crippen MR) is 141 cm³/mol. The average Bonchev–Trinajstić information content (AvgIpc) is 3.20. The molecular formula is C28H35N3O5. The molecule has 1 heterocycles. The first kappa shape index (κ1) is 26.9. The number of benzene rings is 2. The van der Waals surface area contributed by atoms with Crippen molar-refractivity contribution in [1.29, 1.82) is 0 Å². The van der Waals surface area contributed by atoms with Crippen LogP contribution in [0.3, 0.4) is 0 Å². The van der Waals surface area contributed by atoms with E-state index in [0.29, 0.717) is 24.5 Å². The summed E-state index contributed by atoms with van der Waals surface area (Å²) in [6.07, 6.45) is 2.55. The van der Waals surface area contributed by atoms with Crippen molar-refractivity contribution in [2.75, 3.05) is 37.4 Å². The van der Waals surface area contributed by atoms with Crippen LogP contribution in [0.25, 0.3) is 6.08 Å². The number of amides is 2. The highest BCUT2D eigenvalue weighted by Crippen LogP contribution is 2.33. The van der Waals surface area contributed by atoms with Gasteiger partial charge in [0.05, 0.1) is 23.9 Å². The Morgan fingerprint density at radius 3 is 2.25 bits per heavy atom. The van der Waals surface area contributed by atoms with Crippen LogP contribution in [0.5, 0.6) is 0 Å². The molecule has 2 atom stereocenters. The van der Waals surface area contributed by atoms with Gasteiger partial charge in [-0.25, -0.2) is 4.79 Å². The third-order valence-corrected chi connectivity index (χ3v) is 5.70. The maximum absolute atomic E-state index is 12.5. The minimum absolute atomic E-state index is 0.0735. The van der Waals surface area contributed by atoms with E-state index in [-0.39, 0.29) is 23.7 Å². The topological polar surface area (TPSA) is 97.0 Å². The number of rotatable bonds is 7. The molecule has 1 aliphatic rings. The number of likely N-dealkylation sites (tertiary alicyclic amines) is 1. The fourth-order valence-electron chi connectivity index (χ4n) is 4.14. The number of nitrogens with zero attached hydrogens (tertiary/aromatic N) is 1. The van der Waals surface area contributed by atoms with Gasteiger partial charge >= 0.3 is 12.1 Å². The zero-order chi connectivity index (χ0) is 26.3. The Balaban J connectivity index is 1.63. The summed E-state index contributed by atoms with van der Waals surface area (Å²) >= 11 is 0. The molecule has 8 nitrogen and oxygen atoms in total. The Bertz CT molecular complexity index is 1100. The first-order valence-electron chi connectivity index (χ1n) is 12.1. The second-order valence-electron chi connectivity index (χ2n) is 9.85. The molecule has 0 aliphatic carbocycles. The standard InChI is InChI=1S/C28H35N3O5/c1-6-35-26(33)22-18-31(5)17-21(22)20-14-11-19(12-15-20)13-16-25(32)29-23-9-7-8-10-24(23)30-27(34)36-28(2,3)4/h7-16,21-22H,6,17-18H2,1-5H3,(H,29,32)(H,30,34). The van der Waals surface area contributed by atoms with Crippen LogP contribution in [0.2, 0.25) is 0 Å². The molecule has 2 unspecified atom stereocenters. The summed E-state index contributed by atoms with van der Waals surface area (Å²) in [5.74, 6) is -0.605. The number of anilines is 2. The average molecular weight is 494 g/mol. The van der Waals surface area contributed by atoms with Gasteiger partial charge in [0.25, 0.3) is 0 Å². The number of carbonyl (C=O) groups is 3. The van der Waals surface area contributed by atoms with Crippen LogP contribution in [0.4, 0.5) is 16.2 Å². The highest BCUT2D eigenvalue weighted by Gasteiger charge is 2.37. The van der Waals surface area contributed by atoms with Gasteiger partial charge in [-0.3, -0.25) is 14.9 Å². The van der Waals surface area contributed by atoms with Crippen LogP contribution in [0.15, 0.2) is 54.6 Å². The van der Waals surface area contributed by atoms with Crippen molar-refractivity contribution in [3.05, 3.63) is 65.7 Å². The van der Waals surface area contributed by atoms with Crippen LogP contribution in [-0.4, -0.2) is 55.2 Å². The summed E-state index contributed by atoms with van der Waals surface area (Å²) in [7, 11) is 2.00.